The molecule has 0 aliphatic carbocycles. The maximum atomic E-state index is 11.6. The van der Waals surface area contributed by atoms with E-state index >= 15 is 0 Å². The van der Waals surface area contributed by atoms with Crippen LogP contribution in [0.25, 0.3) is 11.3 Å². The van der Waals surface area contributed by atoms with Gasteiger partial charge in [0.15, 0.2) is 5.13 Å². The molecule has 2 aromatic heterocycles. The summed E-state index contributed by atoms with van der Waals surface area (Å²) in [4.78, 5) is 30.1. The van der Waals surface area contributed by atoms with Crippen molar-refractivity contribution in [2.75, 3.05) is 19.0 Å². The third kappa shape index (κ3) is 3.89. The third-order valence-corrected chi connectivity index (χ3v) is 3.50. The molecule has 7 nitrogen and oxygen atoms in total. The van der Waals surface area contributed by atoms with Crippen LogP contribution in [0.2, 0.25) is 0 Å². The molecule has 0 atom stereocenters. The van der Waals surface area contributed by atoms with Crippen molar-refractivity contribution in [1.82, 2.24) is 9.97 Å². The van der Waals surface area contributed by atoms with Crippen molar-refractivity contribution >= 4 is 28.3 Å². The van der Waals surface area contributed by atoms with E-state index in [1.165, 1.54) is 18.4 Å². The van der Waals surface area contributed by atoms with Gasteiger partial charge in [-0.15, -0.1) is 11.3 Å². The fourth-order valence-electron chi connectivity index (χ4n) is 1.68. The van der Waals surface area contributed by atoms with Gasteiger partial charge >= 0.3 is 5.97 Å². The van der Waals surface area contributed by atoms with Crippen molar-refractivity contribution in [2.45, 2.75) is 12.8 Å². The van der Waals surface area contributed by atoms with Crippen LogP contribution in [-0.4, -0.2) is 35.5 Å². The van der Waals surface area contributed by atoms with E-state index in [1.54, 1.807) is 12.3 Å². The standard InChI is InChI=1S/C13H16N4O3S/c1-20-12(19)9-5-8(6-15-9)10-7-21-13(16-10)17-11(18)3-2-4-14/h5-7,15H,2-4,14H2,1H3,(H,16,17,18). The second-order valence-electron chi connectivity index (χ2n) is 4.27. The van der Waals surface area contributed by atoms with Gasteiger partial charge in [0.2, 0.25) is 5.91 Å². The molecule has 0 saturated carbocycles. The van der Waals surface area contributed by atoms with Crippen LogP contribution in [0, 0.1) is 0 Å². The summed E-state index contributed by atoms with van der Waals surface area (Å²) in [5.74, 6) is -0.544. The molecule has 0 fully saturated rings. The number of methoxy groups -OCH3 is 1. The maximum Gasteiger partial charge on any atom is 0.354 e. The Morgan fingerprint density at radius 3 is 3.05 bits per heavy atom. The molecule has 0 aliphatic rings. The molecule has 4 N–H and O–H groups in total. The highest BCUT2D eigenvalue weighted by Crippen LogP contribution is 2.25. The van der Waals surface area contributed by atoms with E-state index in [9.17, 15) is 9.59 Å². The molecule has 2 rings (SSSR count). The molecular formula is C13H16N4O3S. The summed E-state index contributed by atoms with van der Waals surface area (Å²) >= 11 is 1.33. The van der Waals surface area contributed by atoms with Crippen LogP contribution in [0.5, 0.6) is 0 Å². The average Bonchev–Trinajstić information content (AvgIpc) is 3.13. The number of carbonyl (C=O) groups is 2. The summed E-state index contributed by atoms with van der Waals surface area (Å²) < 4.78 is 4.63. The first-order chi connectivity index (χ1) is 10.1. The molecule has 1 amide bonds. The van der Waals surface area contributed by atoms with Gasteiger partial charge in [-0.05, 0) is 19.0 Å². The van der Waals surface area contributed by atoms with Gasteiger partial charge in [0, 0.05) is 23.6 Å². The van der Waals surface area contributed by atoms with Gasteiger partial charge < -0.3 is 20.8 Å². The summed E-state index contributed by atoms with van der Waals surface area (Å²) in [5, 5.41) is 5.05. The van der Waals surface area contributed by atoms with E-state index in [2.05, 4.69) is 20.0 Å². The normalized spacial score (nSPS) is 10.4. The number of nitrogens with zero attached hydrogens (tertiary/aromatic N) is 1. The smallest absolute Gasteiger partial charge is 0.354 e. The molecule has 0 aliphatic heterocycles. The fraction of sp³-hybridized carbons (Fsp3) is 0.308. The maximum absolute atomic E-state index is 11.6. The predicted octanol–water partition coefficient (Wildman–Crippen LogP) is 1.60. The minimum atomic E-state index is -0.438. The SMILES string of the molecule is COC(=O)c1cc(-c2csc(NC(=O)CCCN)n2)c[nH]1. The van der Waals surface area contributed by atoms with Crippen molar-refractivity contribution in [1.29, 1.82) is 0 Å². The van der Waals surface area contributed by atoms with Crippen molar-refractivity contribution in [3.8, 4) is 11.3 Å². The van der Waals surface area contributed by atoms with Crippen LogP contribution < -0.4 is 11.1 Å². The van der Waals surface area contributed by atoms with Crippen LogP contribution in [0.15, 0.2) is 17.6 Å². The van der Waals surface area contributed by atoms with Crippen molar-refractivity contribution in [2.24, 2.45) is 5.73 Å². The Kier molecular flexibility index (Phi) is 5.07. The highest BCUT2D eigenvalue weighted by atomic mass is 32.1. The first kappa shape index (κ1) is 15.2. The number of esters is 1. The number of aromatic amines is 1. The Hall–Kier alpha value is -2.19. The summed E-state index contributed by atoms with van der Waals surface area (Å²) in [5.41, 5.74) is 7.15. The molecule has 2 heterocycles. The van der Waals surface area contributed by atoms with Crippen molar-refractivity contribution in [3.63, 3.8) is 0 Å². The number of hydrogen-bond acceptors (Lipinski definition) is 6. The van der Waals surface area contributed by atoms with Crippen LogP contribution in [0.4, 0.5) is 5.13 Å². The number of amides is 1. The van der Waals surface area contributed by atoms with E-state index in [0.717, 1.165) is 5.56 Å². The van der Waals surface area contributed by atoms with Gasteiger partial charge in [0.05, 0.1) is 12.8 Å². The first-order valence-electron chi connectivity index (χ1n) is 6.36. The zero-order valence-corrected chi connectivity index (χ0v) is 12.3. The van der Waals surface area contributed by atoms with Crippen molar-refractivity contribution < 1.29 is 14.3 Å². The summed E-state index contributed by atoms with van der Waals surface area (Å²) in [6.07, 6.45) is 2.69. The Morgan fingerprint density at radius 1 is 1.52 bits per heavy atom. The number of nitrogens with one attached hydrogen (secondary N) is 2. The van der Waals surface area contributed by atoms with Crippen LogP contribution in [0.1, 0.15) is 23.3 Å². The zero-order valence-electron chi connectivity index (χ0n) is 11.5. The lowest BCUT2D eigenvalue weighted by atomic mass is 10.2. The van der Waals surface area contributed by atoms with Crippen molar-refractivity contribution in [3.05, 3.63) is 23.3 Å². The molecule has 21 heavy (non-hydrogen) atoms. The summed E-state index contributed by atoms with van der Waals surface area (Å²) in [6.45, 7) is 0.482. The van der Waals surface area contributed by atoms with Gasteiger partial charge in [-0.25, -0.2) is 9.78 Å². The number of rotatable bonds is 6. The quantitative estimate of drug-likeness (QED) is 0.702. The lowest BCUT2D eigenvalue weighted by Gasteiger charge is -1.99. The lowest BCUT2D eigenvalue weighted by Crippen LogP contribution is -2.13. The Balaban J connectivity index is 2.04. The molecule has 0 unspecified atom stereocenters. The minimum Gasteiger partial charge on any atom is -0.464 e. The summed E-state index contributed by atoms with van der Waals surface area (Å²) in [7, 11) is 1.32. The topological polar surface area (TPSA) is 110 Å². The number of ether oxygens (including phenoxy) is 1. The molecular weight excluding hydrogens is 292 g/mol. The minimum absolute atomic E-state index is 0.106. The summed E-state index contributed by atoms with van der Waals surface area (Å²) in [6, 6.07) is 1.65. The molecule has 0 spiro atoms. The van der Waals surface area contributed by atoms with E-state index in [1.807, 2.05) is 5.38 Å². The van der Waals surface area contributed by atoms with Gasteiger partial charge in [0.1, 0.15) is 5.69 Å². The van der Waals surface area contributed by atoms with E-state index in [4.69, 9.17) is 5.73 Å². The Labute approximate surface area is 125 Å². The molecule has 8 heteroatoms. The molecule has 0 radical (unpaired) electrons. The number of hydrogen-bond donors (Lipinski definition) is 3. The van der Waals surface area contributed by atoms with Crippen LogP contribution in [0.3, 0.4) is 0 Å². The van der Waals surface area contributed by atoms with Crippen LogP contribution in [-0.2, 0) is 9.53 Å². The molecule has 0 bridgehead atoms. The number of H-pyrrole nitrogens is 1. The fourth-order valence-corrected chi connectivity index (χ4v) is 2.41. The number of thiazole rings is 1. The monoisotopic (exact) mass is 308 g/mol. The average molecular weight is 308 g/mol. The van der Waals surface area contributed by atoms with E-state index in [-0.39, 0.29) is 5.91 Å². The number of carbonyl (C=O) groups excluding carboxylic acids is 2. The first-order valence-corrected chi connectivity index (χ1v) is 7.24. The second-order valence-corrected chi connectivity index (χ2v) is 5.13. The molecule has 0 aromatic carbocycles. The predicted molar refractivity (Wildman–Crippen MR) is 80.2 cm³/mol. The van der Waals surface area contributed by atoms with Gasteiger partial charge in [-0.3, -0.25) is 4.79 Å². The Morgan fingerprint density at radius 2 is 2.33 bits per heavy atom. The lowest BCUT2D eigenvalue weighted by molar-refractivity contribution is -0.116. The highest BCUT2D eigenvalue weighted by molar-refractivity contribution is 7.14. The number of anilines is 1. The van der Waals surface area contributed by atoms with E-state index in [0.29, 0.717) is 35.9 Å². The van der Waals surface area contributed by atoms with Gasteiger partial charge in [-0.2, -0.15) is 0 Å². The largest absolute Gasteiger partial charge is 0.464 e. The molecule has 0 saturated heterocycles. The molecule has 2 aromatic rings. The molecule has 112 valence electrons. The van der Waals surface area contributed by atoms with Crippen LogP contribution >= 0.6 is 11.3 Å². The van der Waals surface area contributed by atoms with E-state index < -0.39 is 5.97 Å². The second kappa shape index (κ2) is 7.00. The Bertz CT molecular complexity index is 635. The van der Waals surface area contributed by atoms with Gasteiger partial charge in [0.25, 0.3) is 0 Å². The van der Waals surface area contributed by atoms with Gasteiger partial charge in [-0.1, -0.05) is 0 Å². The zero-order chi connectivity index (χ0) is 15.2. The third-order valence-electron chi connectivity index (χ3n) is 2.74. The highest BCUT2D eigenvalue weighted by Gasteiger charge is 2.12. The number of aromatic nitrogens is 2. The number of nitrogens with two attached hydrogens (primary N) is 1.